The molecular formula is C13H20FN5. The summed E-state index contributed by atoms with van der Waals surface area (Å²) in [6.07, 6.45) is 3.76. The van der Waals surface area contributed by atoms with Crippen LogP contribution in [0.15, 0.2) is 18.5 Å². The lowest BCUT2D eigenvalue weighted by Crippen LogP contribution is -2.17. The number of nitrogens with zero attached hydrogens (tertiary/aromatic N) is 4. The number of hydrogen-bond donors (Lipinski definition) is 1. The van der Waals surface area contributed by atoms with E-state index in [-0.39, 0.29) is 0 Å². The molecule has 2 heterocycles. The molecule has 0 unspecified atom stereocenters. The van der Waals surface area contributed by atoms with E-state index in [2.05, 4.69) is 28.6 Å². The third-order valence-electron chi connectivity index (χ3n) is 3.09. The van der Waals surface area contributed by atoms with Gasteiger partial charge in [-0.05, 0) is 19.9 Å². The van der Waals surface area contributed by atoms with Crippen LogP contribution in [0.2, 0.25) is 0 Å². The predicted molar refractivity (Wildman–Crippen MR) is 71.4 cm³/mol. The Morgan fingerprint density at radius 2 is 2.21 bits per heavy atom. The van der Waals surface area contributed by atoms with Gasteiger partial charge in [0.05, 0.1) is 17.9 Å². The molecule has 0 fully saturated rings. The van der Waals surface area contributed by atoms with Crippen molar-refractivity contribution in [1.29, 1.82) is 0 Å². The molecule has 0 atom stereocenters. The molecule has 0 aliphatic carbocycles. The van der Waals surface area contributed by atoms with Crippen LogP contribution in [0.1, 0.15) is 23.9 Å². The van der Waals surface area contributed by atoms with E-state index in [0.717, 1.165) is 24.5 Å². The molecule has 0 aliphatic heterocycles. The van der Waals surface area contributed by atoms with Crippen molar-refractivity contribution in [3.8, 4) is 0 Å². The first-order valence-corrected chi connectivity index (χ1v) is 6.55. The lowest BCUT2D eigenvalue weighted by atomic mass is 10.2. The molecule has 0 spiro atoms. The number of hydrogen-bond acceptors (Lipinski definition) is 3. The fourth-order valence-corrected chi connectivity index (χ4v) is 2.01. The number of alkyl halides is 1. The largest absolute Gasteiger partial charge is 0.307 e. The first-order chi connectivity index (χ1) is 9.24. The van der Waals surface area contributed by atoms with Crippen molar-refractivity contribution in [2.24, 2.45) is 0 Å². The van der Waals surface area contributed by atoms with Gasteiger partial charge in [0.2, 0.25) is 0 Å². The Morgan fingerprint density at radius 3 is 2.89 bits per heavy atom. The molecule has 2 rings (SSSR count). The average molecular weight is 265 g/mol. The van der Waals surface area contributed by atoms with Gasteiger partial charge in [-0.25, -0.2) is 4.39 Å². The minimum atomic E-state index is -0.392. The molecule has 0 saturated heterocycles. The first kappa shape index (κ1) is 13.7. The molecule has 2 aromatic rings. The maximum Gasteiger partial charge on any atom is 0.109 e. The van der Waals surface area contributed by atoms with Crippen molar-refractivity contribution in [3.63, 3.8) is 0 Å². The third kappa shape index (κ3) is 3.41. The number of aryl methyl sites for hydroxylation is 3. The third-order valence-corrected chi connectivity index (χ3v) is 3.09. The van der Waals surface area contributed by atoms with Crippen molar-refractivity contribution >= 4 is 0 Å². The van der Waals surface area contributed by atoms with Crippen molar-refractivity contribution in [3.05, 3.63) is 35.4 Å². The van der Waals surface area contributed by atoms with E-state index in [1.807, 2.05) is 17.7 Å². The fourth-order valence-electron chi connectivity index (χ4n) is 2.01. The van der Waals surface area contributed by atoms with Gasteiger partial charge >= 0.3 is 0 Å². The lowest BCUT2D eigenvalue weighted by Gasteiger charge is -2.06. The Kier molecular flexibility index (Phi) is 4.68. The second-order valence-corrected chi connectivity index (χ2v) is 4.43. The first-order valence-electron chi connectivity index (χ1n) is 6.55. The van der Waals surface area contributed by atoms with Gasteiger partial charge in [0.15, 0.2) is 0 Å². The van der Waals surface area contributed by atoms with Crippen LogP contribution in [0.25, 0.3) is 0 Å². The zero-order valence-electron chi connectivity index (χ0n) is 11.4. The number of rotatable bonds is 7. The average Bonchev–Trinajstić information content (AvgIpc) is 2.98. The summed E-state index contributed by atoms with van der Waals surface area (Å²) in [5, 5.41) is 11.8. The molecule has 0 radical (unpaired) electrons. The van der Waals surface area contributed by atoms with Crippen LogP contribution < -0.4 is 5.32 Å². The van der Waals surface area contributed by atoms with Gasteiger partial charge in [0.25, 0.3) is 0 Å². The fraction of sp³-hybridized carbons (Fsp3) is 0.538. The highest BCUT2D eigenvalue weighted by molar-refractivity contribution is 5.15. The summed E-state index contributed by atoms with van der Waals surface area (Å²) >= 11 is 0. The summed E-state index contributed by atoms with van der Waals surface area (Å²) in [6, 6.07) is 1.91. The summed E-state index contributed by atoms with van der Waals surface area (Å²) in [7, 11) is 0. The molecule has 5 nitrogen and oxygen atoms in total. The van der Waals surface area contributed by atoms with Gasteiger partial charge in [0.1, 0.15) is 6.67 Å². The van der Waals surface area contributed by atoms with Crippen LogP contribution in [0.4, 0.5) is 4.39 Å². The van der Waals surface area contributed by atoms with E-state index in [0.29, 0.717) is 13.1 Å². The molecule has 2 aromatic heterocycles. The molecule has 0 amide bonds. The lowest BCUT2D eigenvalue weighted by molar-refractivity contribution is 0.417. The molecule has 19 heavy (non-hydrogen) atoms. The minimum Gasteiger partial charge on any atom is -0.307 e. The molecule has 0 saturated carbocycles. The Labute approximate surface area is 112 Å². The Bertz CT molecular complexity index is 517. The Balaban J connectivity index is 1.88. The predicted octanol–water partition coefficient (Wildman–Crippen LogP) is 1.67. The van der Waals surface area contributed by atoms with E-state index >= 15 is 0 Å². The molecule has 1 N–H and O–H groups in total. The molecule has 0 aromatic carbocycles. The number of halogens is 1. The highest BCUT2D eigenvalue weighted by Gasteiger charge is 2.05. The van der Waals surface area contributed by atoms with Crippen LogP contribution in [-0.2, 0) is 26.2 Å². The maximum atomic E-state index is 12.3. The van der Waals surface area contributed by atoms with E-state index in [1.165, 1.54) is 5.56 Å². The second-order valence-electron chi connectivity index (χ2n) is 4.43. The van der Waals surface area contributed by atoms with Gasteiger partial charge in [-0.1, -0.05) is 0 Å². The van der Waals surface area contributed by atoms with E-state index in [1.54, 1.807) is 10.9 Å². The highest BCUT2D eigenvalue weighted by Crippen LogP contribution is 2.06. The zero-order chi connectivity index (χ0) is 13.7. The van der Waals surface area contributed by atoms with Gasteiger partial charge in [-0.2, -0.15) is 10.2 Å². The van der Waals surface area contributed by atoms with Crippen LogP contribution in [0, 0.1) is 6.92 Å². The van der Waals surface area contributed by atoms with Crippen molar-refractivity contribution in [2.45, 2.75) is 40.0 Å². The summed E-state index contributed by atoms with van der Waals surface area (Å²) in [5.41, 5.74) is 3.24. The van der Waals surface area contributed by atoms with Crippen LogP contribution in [0.5, 0.6) is 0 Å². The standard InChI is InChI=1S/C13H20FN5/c1-3-18-10-12(11(2)17-18)8-15-9-13-4-6-16-19(13)7-5-14/h4,6,10,15H,3,5,7-9H2,1-2H3. The smallest absolute Gasteiger partial charge is 0.109 e. The van der Waals surface area contributed by atoms with Gasteiger partial charge in [0, 0.05) is 37.6 Å². The van der Waals surface area contributed by atoms with Gasteiger partial charge < -0.3 is 5.32 Å². The summed E-state index contributed by atoms with van der Waals surface area (Å²) in [6.45, 7) is 6.32. The van der Waals surface area contributed by atoms with E-state index in [9.17, 15) is 4.39 Å². The Morgan fingerprint density at radius 1 is 1.37 bits per heavy atom. The minimum absolute atomic E-state index is 0.316. The number of aromatic nitrogens is 4. The van der Waals surface area contributed by atoms with Gasteiger partial charge in [-0.3, -0.25) is 9.36 Å². The summed E-state index contributed by atoms with van der Waals surface area (Å²) in [5.74, 6) is 0. The van der Waals surface area contributed by atoms with Crippen molar-refractivity contribution < 1.29 is 4.39 Å². The molecular weight excluding hydrogens is 245 g/mol. The monoisotopic (exact) mass is 265 g/mol. The molecule has 0 aliphatic rings. The van der Waals surface area contributed by atoms with Gasteiger partial charge in [-0.15, -0.1) is 0 Å². The van der Waals surface area contributed by atoms with Crippen LogP contribution >= 0.6 is 0 Å². The Hall–Kier alpha value is -1.69. The maximum absolute atomic E-state index is 12.3. The van der Waals surface area contributed by atoms with Crippen LogP contribution in [0.3, 0.4) is 0 Å². The zero-order valence-corrected chi connectivity index (χ0v) is 11.4. The topological polar surface area (TPSA) is 47.7 Å². The molecule has 104 valence electrons. The van der Waals surface area contributed by atoms with E-state index < -0.39 is 6.67 Å². The molecule has 6 heteroatoms. The number of nitrogens with one attached hydrogen (secondary N) is 1. The summed E-state index contributed by atoms with van der Waals surface area (Å²) in [4.78, 5) is 0. The van der Waals surface area contributed by atoms with Crippen molar-refractivity contribution in [2.75, 3.05) is 6.67 Å². The van der Waals surface area contributed by atoms with E-state index in [4.69, 9.17) is 0 Å². The van der Waals surface area contributed by atoms with Crippen molar-refractivity contribution in [1.82, 2.24) is 24.9 Å². The highest BCUT2D eigenvalue weighted by atomic mass is 19.1. The second kappa shape index (κ2) is 6.47. The SMILES string of the molecule is CCn1cc(CNCc2ccnn2CCF)c(C)n1. The normalized spacial score (nSPS) is 11.1. The summed E-state index contributed by atoms with van der Waals surface area (Å²) < 4.78 is 15.9. The van der Waals surface area contributed by atoms with Crippen LogP contribution in [-0.4, -0.2) is 26.2 Å². The molecule has 0 bridgehead atoms. The quantitative estimate of drug-likeness (QED) is 0.828.